The van der Waals surface area contributed by atoms with E-state index in [9.17, 15) is 13.2 Å². The predicted molar refractivity (Wildman–Crippen MR) is 93.5 cm³/mol. The highest BCUT2D eigenvalue weighted by Crippen LogP contribution is 2.29. The number of amides is 1. The van der Waals surface area contributed by atoms with E-state index in [0.717, 1.165) is 5.69 Å². The Morgan fingerprint density at radius 3 is 2.58 bits per heavy atom. The van der Waals surface area contributed by atoms with E-state index in [4.69, 9.17) is 4.74 Å². The summed E-state index contributed by atoms with van der Waals surface area (Å²) in [6, 6.07) is 13.6. The van der Waals surface area contributed by atoms with Crippen molar-refractivity contribution in [3.63, 3.8) is 0 Å². The van der Waals surface area contributed by atoms with Crippen molar-refractivity contribution in [2.24, 2.45) is 0 Å². The zero-order valence-electron chi connectivity index (χ0n) is 14.1. The van der Waals surface area contributed by atoms with Gasteiger partial charge in [-0.25, -0.2) is 8.42 Å². The maximum absolute atomic E-state index is 12.9. The molecule has 1 amide bonds. The quantitative estimate of drug-likeness (QED) is 0.795. The Bertz CT molecular complexity index is 889. The summed E-state index contributed by atoms with van der Waals surface area (Å²) in [7, 11) is -3.61. The molecule has 0 bridgehead atoms. The molecule has 0 N–H and O–H groups in total. The number of fused-ring (bicyclic) bond motifs is 1. The normalized spacial score (nSPS) is 23.8. The number of carbonyl (C=O) groups excluding carboxylic acids is 1. The highest BCUT2D eigenvalue weighted by atomic mass is 32.2. The van der Waals surface area contributed by atoms with Crippen LogP contribution in [0.2, 0.25) is 0 Å². The van der Waals surface area contributed by atoms with Gasteiger partial charge < -0.3 is 9.64 Å². The number of carbonyl (C=O) groups is 1. The van der Waals surface area contributed by atoms with Crippen LogP contribution in [-0.2, 0) is 26.1 Å². The lowest BCUT2D eigenvalue weighted by molar-refractivity contribution is -0.154. The molecule has 1 aromatic carbocycles. The first kappa shape index (κ1) is 17.1. The Morgan fingerprint density at radius 2 is 1.85 bits per heavy atom. The maximum Gasteiger partial charge on any atom is 0.249 e. The second-order valence-corrected chi connectivity index (χ2v) is 8.33. The summed E-state index contributed by atoms with van der Waals surface area (Å²) in [4.78, 5) is 18.6. The minimum atomic E-state index is -3.61. The van der Waals surface area contributed by atoms with Crippen LogP contribution in [0.25, 0.3) is 0 Å². The first-order chi connectivity index (χ1) is 12.6. The fourth-order valence-corrected chi connectivity index (χ4v) is 4.93. The van der Waals surface area contributed by atoms with E-state index < -0.39 is 10.0 Å². The monoisotopic (exact) mass is 373 g/mol. The molecule has 2 atom stereocenters. The second-order valence-electron chi connectivity index (χ2n) is 6.39. The largest absolute Gasteiger partial charge is 0.365 e. The third kappa shape index (κ3) is 3.11. The molecule has 26 heavy (non-hydrogen) atoms. The van der Waals surface area contributed by atoms with Crippen molar-refractivity contribution in [1.29, 1.82) is 0 Å². The molecule has 1 aromatic heterocycles. The molecule has 2 aliphatic rings. The molecule has 3 heterocycles. The summed E-state index contributed by atoms with van der Waals surface area (Å²) in [5.41, 5.74) is 0.769. The molecule has 0 radical (unpaired) electrons. The second kappa shape index (κ2) is 6.79. The van der Waals surface area contributed by atoms with Crippen LogP contribution in [0.3, 0.4) is 0 Å². The van der Waals surface area contributed by atoms with E-state index in [2.05, 4.69) is 4.98 Å². The van der Waals surface area contributed by atoms with Crippen molar-refractivity contribution >= 4 is 15.9 Å². The van der Waals surface area contributed by atoms with Gasteiger partial charge in [0.1, 0.15) is 6.61 Å². The standard InChI is InChI=1S/C18H19N3O4S/c22-18-13-25-17-12-20(26(23,24)15-7-2-1-3-8-15)11-16(17)21(18)10-14-6-4-5-9-19-14/h1-9,16-17H,10-13H2/t16-,17+/m1/s1. The predicted octanol–water partition coefficient (Wildman–Crippen LogP) is 0.882. The van der Waals surface area contributed by atoms with E-state index >= 15 is 0 Å². The lowest BCUT2D eigenvalue weighted by atomic mass is 10.1. The highest BCUT2D eigenvalue weighted by Gasteiger charge is 2.46. The number of hydrogen-bond acceptors (Lipinski definition) is 5. The molecular weight excluding hydrogens is 354 g/mol. The molecule has 0 saturated carbocycles. The van der Waals surface area contributed by atoms with Crippen LogP contribution in [0.5, 0.6) is 0 Å². The van der Waals surface area contributed by atoms with E-state index in [0.29, 0.717) is 6.54 Å². The molecule has 136 valence electrons. The minimum Gasteiger partial charge on any atom is -0.365 e. The Morgan fingerprint density at radius 1 is 1.08 bits per heavy atom. The summed E-state index contributed by atoms with van der Waals surface area (Å²) in [5, 5.41) is 0. The molecule has 0 unspecified atom stereocenters. The first-order valence-corrected chi connectivity index (χ1v) is 9.86. The highest BCUT2D eigenvalue weighted by molar-refractivity contribution is 7.89. The zero-order chi connectivity index (χ0) is 18.1. The maximum atomic E-state index is 12.9. The average Bonchev–Trinajstić information content (AvgIpc) is 3.11. The van der Waals surface area contributed by atoms with Crippen LogP contribution in [0.15, 0.2) is 59.6 Å². The van der Waals surface area contributed by atoms with Crippen molar-refractivity contribution < 1.29 is 17.9 Å². The van der Waals surface area contributed by atoms with Crippen LogP contribution < -0.4 is 0 Å². The molecule has 2 aromatic rings. The van der Waals surface area contributed by atoms with Crippen molar-refractivity contribution in [2.75, 3.05) is 19.7 Å². The van der Waals surface area contributed by atoms with Crippen molar-refractivity contribution in [1.82, 2.24) is 14.2 Å². The summed E-state index contributed by atoms with van der Waals surface area (Å²) in [5.74, 6) is -0.143. The van der Waals surface area contributed by atoms with Gasteiger partial charge in [0.2, 0.25) is 15.9 Å². The number of ether oxygens (including phenoxy) is 1. The fraction of sp³-hybridized carbons (Fsp3) is 0.333. The molecule has 2 saturated heterocycles. The van der Waals surface area contributed by atoms with Crippen molar-refractivity contribution in [3.05, 3.63) is 60.4 Å². The van der Waals surface area contributed by atoms with Gasteiger partial charge in [0.15, 0.2) is 0 Å². The number of sulfonamides is 1. The van der Waals surface area contributed by atoms with Crippen LogP contribution in [0, 0.1) is 0 Å². The lowest BCUT2D eigenvalue weighted by Crippen LogP contribution is -2.53. The summed E-state index contributed by atoms with van der Waals surface area (Å²) in [6.07, 6.45) is 1.35. The van der Waals surface area contributed by atoms with Crippen LogP contribution in [0.4, 0.5) is 0 Å². The fourth-order valence-electron chi connectivity index (χ4n) is 3.44. The number of rotatable bonds is 4. The van der Waals surface area contributed by atoms with Gasteiger partial charge in [-0.15, -0.1) is 0 Å². The topological polar surface area (TPSA) is 79.8 Å². The Kier molecular flexibility index (Phi) is 4.47. The molecule has 2 aliphatic heterocycles. The molecule has 2 fully saturated rings. The van der Waals surface area contributed by atoms with Gasteiger partial charge in [0.25, 0.3) is 0 Å². The van der Waals surface area contributed by atoms with Crippen LogP contribution >= 0.6 is 0 Å². The van der Waals surface area contributed by atoms with Gasteiger partial charge in [-0.1, -0.05) is 24.3 Å². The van der Waals surface area contributed by atoms with Gasteiger partial charge in [-0.3, -0.25) is 9.78 Å². The Labute approximate surface area is 152 Å². The number of aromatic nitrogens is 1. The average molecular weight is 373 g/mol. The number of benzene rings is 1. The van der Waals surface area contributed by atoms with Crippen LogP contribution in [0.1, 0.15) is 5.69 Å². The van der Waals surface area contributed by atoms with Gasteiger partial charge >= 0.3 is 0 Å². The van der Waals surface area contributed by atoms with E-state index in [1.54, 1.807) is 41.4 Å². The molecule has 0 aliphatic carbocycles. The van der Waals surface area contributed by atoms with Crippen LogP contribution in [-0.4, -0.2) is 60.4 Å². The third-order valence-corrected chi connectivity index (χ3v) is 6.63. The Balaban J connectivity index is 1.57. The van der Waals surface area contributed by atoms with Gasteiger partial charge in [0.05, 0.1) is 29.3 Å². The molecule has 0 spiro atoms. The van der Waals surface area contributed by atoms with Gasteiger partial charge in [-0.05, 0) is 24.3 Å². The number of pyridine rings is 1. The van der Waals surface area contributed by atoms with Gasteiger partial charge in [0, 0.05) is 19.3 Å². The number of nitrogens with zero attached hydrogens (tertiary/aromatic N) is 3. The molecule has 8 heteroatoms. The van der Waals surface area contributed by atoms with Gasteiger partial charge in [-0.2, -0.15) is 4.31 Å². The first-order valence-electron chi connectivity index (χ1n) is 8.42. The smallest absolute Gasteiger partial charge is 0.249 e. The minimum absolute atomic E-state index is 0.0345. The van der Waals surface area contributed by atoms with Crippen molar-refractivity contribution in [2.45, 2.75) is 23.6 Å². The third-order valence-electron chi connectivity index (χ3n) is 4.78. The lowest BCUT2D eigenvalue weighted by Gasteiger charge is -2.36. The summed E-state index contributed by atoms with van der Waals surface area (Å²) >= 11 is 0. The summed E-state index contributed by atoms with van der Waals surface area (Å²) in [6.45, 7) is 0.783. The molecule has 4 rings (SSSR count). The van der Waals surface area contributed by atoms with Crippen molar-refractivity contribution in [3.8, 4) is 0 Å². The molecular formula is C18H19N3O4S. The number of morpholine rings is 1. The van der Waals surface area contributed by atoms with E-state index in [1.807, 2.05) is 18.2 Å². The SMILES string of the molecule is O=C1CO[C@H]2CN(S(=O)(=O)c3ccccc3)C[C@H]2N1Cc1ccccn1. The Hall–Kier alpha value is -2.29. The van der Waals surface area contributed by atoms with E-state index in [1.165, 1.54) is 4.31 Å². The van der Waals surface area contributed by atoms with E-state index in [-0.39, 0.29) is 42.6 Å². The molecule has 7 nitrogen and oxygen atoms in total. The summed E-state index contributed by atoms with van der Waals surface area (Å²) < 4.78 is 32.8. The number of hydrogen-bond donors (Lipinski definition) is 0. The zero-order valence-corrected chi connectivity index (χ0v) is 14.9.